The maximum atomic E-state index is 7.84. The van der Waals surface area contributed by atoms with Crippen molar-refractivity contribution in [3.8, 4) is 0 Å². The minimum atomic E-state index is 0.820. The third kappa shape index (κ3) is 4.13. The van der Waals surface area contributed by atoms with E-state index in [2.05, 4.69) is 80.0 Å². The van der Waals surface area contributed by atoms with Crippen molar-refractivity contribution in [2.75, 3.05) is 0 Å². The second kappa shape index (κ2) is 9.02. The molecule has 0 heterocycles. The van der Waals surface area contributed by atoms with Crippen LogP contribution < -0.4 is 0 Å². The van der Waals surface area contributed by atoms with Crippen LogP contribution in [-0.2, 0) is 6.42 Å². The molecule has 0 saturated carbocycles. The van der Waals surface area contributed by atoms with Crippen molar-refractivity contribution in [2.45, 2.75) is 51.9 Å². The van der Waals surface area contributed by atoms with Gasteiger partial charge in [0.25, 0.3) is 0 Å². The molecule has 3 rings (SSSR count). The molecule has 3 aromatic carbocycles. The van der Waals surface area contributed by atoms with Crippen LogP contribution in [0.5, 0.6) is 0 Å². The molecule has 26 heavy (non-hydrogen) atoms. The molecule has 0 radical (unpaired) electrons. The normalized spacial score (nSPS) is 11.2. The van der Waals surface area contributed by atoms with E-state index < -0.39 is 0 Å². The first-order valence-corrected chi connectivity index (χ1v) is 10.9. The van der Waals surface area contributed by atoms with E-state index in [1.165, 1.54) is 48.4 Å². The number of nitrogens with zero attached hydrogens (tertiary/aromatic N) is 1. The fraction of sp³-hybridized carbons (Fsp3) is 0.348. The van der Waals surface area contributed by atoms with E-state index in [-0.39, 0.29) is 0 Å². The van der Waals surface area contributed by atoms with Crippen molar-refractivity contribution in [1.29, 1.82) is 0 Å². The van der Waals surface area contributed by atoms with Gasteiger partial charge in [-0.05, 0) is 51.7 Å². The van der Waals surface area contributed by atoms with Gasteiger partial charge >= 0.3 is 0 Å². The maximum Gasteiger partial charge on any atom is 0.198 e. The average Bonchev–Trinajstić information content (AvgIpc) is 2.64. The quantitative estimate of drug-likeness (QED) is 0.183. The Balaban J connectivity index is 2.06. The molecule has 0 aliphatic heterocycles. The fourth-order valence-corrected chi connectivity index (χ4v) is 4.42. The highest BCUT2D eigenvalue weighted by Crippen LogP contribution is 2.41. The first-order chi connectivity index (χ1) is 12.7. The largest absolute Gasteiger partial charge is 0.237 e. The summed E-state index contributed by atoms with van der Waals surface area (Å²) in [6.45, 7) is 10.1. The number of hydrogen-bond donors (Lipinski definition) is 0. The van der Waals surface area contributed by atoms with Gasteiger partial charge in [-0.15, -0.1) is 0 Å². The third-order valence-corrected chi connectivity index (χ3v) is 6.00. The fourth-order valence-electron chi connectivity index (χ4n) is 3.70. The Morgan fingerprint density at radius 2 is 1.35 bits per heavy atom. The summed E-state index contributed by atoms with van der Waals surface area (Å²) in [6.07, 6.45) is 8.58. The number of hydrogen-bond acceptors (Lipinski definition) is 0. The molecule has 1 nitrogen and oxygen atoms in total. The first kappa shape index (κ1) is 19.4. The number of unbranched alkanes of at least 4 members (excludes halogenated alkanes) is 5. The molecule has 0 aliphatic carbocycles. The van der Waals surface area contributed by atoms with Crippen molar-refractivity contribution in [1.82, 2.24) is 0 Å². The van der Waals surface area contributed by atoms with Crippen LogP contribution in [0, 0.1) is 6.57 Å². The van der Waals surface area contributed by atoms with Crippen molar-refractivity contribution < 1.29 is 0 Å². The number of aryl methyl sites for hydroxylation is 1. The number of fused-ring (bicyclic) bond motifs is 3. The molecule has 0 N–H and O–H groups in total. The van der Waals surface area contributed by atoms with E-state index in [0.29, 0.717) is 0 Å². The predicted octanol–water partition coefficient (Wildman–Crippen LogP) is 8.97. The zero-order valence-corrected chi connectivity index (χ0v) is 18.3. The minimum Gasteiger partial charge on any atom is -0.237 e. The summed E-state index contributed by atoms with van der Waals surface area (Å²) in [5.41, 5.74) is 2.03. The SMILES string of the molecule is [C-]#[N+]c1c(CCCCCCCC)c2cc(Br)ccc2c2ccc(Br)cc12. The lowest BCUT2D eigenvalue weighted by molar-refractivity contribution is 0.608. The van der Waals surface area contributed by atoms with Gasteiger partial charge in [0.2, 0.25) is 0 Å². The van der Waals surface area contributed by atoms with Gasteiger partial charge in [-0.3, -0.25) is 0 Å². The van der Waals surface area contributed by atoms with Crippen LogP contribution in [0.1, 0.15) is 51.0 Å². The minimum absolute atomic E-state index is 0.820. The molecule has 3 heteroatoms. The van der Waals surface area contributed by atoms with Crippen LogP contribution in [0.4, 0.5) is 5.69 Å². The zero-order valence-electron chi connectivity index (χ0n) is 15.1. The lowest BCUT2D eigenvalue weighted by Gasteiger charge is -2.14. The van der Waals surface area contributed by atoms with Crippen LogP contribution in [-0.4, -0.2) is 0 Å². The Labute approximate surface area is 172 Å². The molecule has 0 fully saturated rings. The molecular weight excluding hydrogens is 450 g/mol. The second-order valence-electron chi connectivity index (χ2n) is 6.84. The molecular formula is C23H23Br2N. The van der Waals surface area contributed by atoms with Crippen molar-refractivity contribution in [3.63, 3.8) is 0 Å². The molecule has 0 unspecified atom stereocenters. The van der Waals surface area contributed by atoms with E-state index in [1.54, 1.807) is 0 Å². The molecule has 0 saturated heterocycles. The number of benzene rings is 3. The molecule has 134 valence electrons. The molecule has 0 spiro atoms. The summed E-state index contributed by atoms with van der Waals surface area (Å²) >= 11 is 7.19. The summed E-state index contributed by atoms with van der Waals surface area (Å²) in [4.78, 5) is 3.96. The summed E-state index contributed by atoms with van der Waals surface area (Å²) in [5, 5.41) is 4.68. The molecule has 0 atom stereocenters. The van der Waals surface area contributed by atoms with E-state index in [9.17, 15) is 0 Å². The predicted molar refractivity (Wildman–Crippen MR) is 120 cm³/mol. The molecule has 3 aromatic rings. The lowest BCUT2D eigenvalue weighted by atomic mass is 9.92. The Morgan fingerprint density at radius 3 is 2.00 bits per heavy atom. The van der Waals surface area contributed by atoms with E-state index in [1.807, 2.05) is 0 Å². The maximum absolute atomic E-state index is 7.84. The zero-order chi connectivity index (χ0) is 18.5. The van der Waals surface area contributed by atoms with Gasteiger partial charge in [-0.2, -0.15) is 0 Å². The topological polar surface area (TPSA) is 4.36 Å². The Bertz CT molecular complexity index is 969. The number of rotatable bonds is 7. The molecule has 0 amide bonds. The Morgan fingerprint density at radius 1 is 0.769 bits per heavy atom. The number of halogens is 2. The first-order valence-electron chi connectivity index (χ1n) is 9.36. The second-order valence-corrected chi connectivity index (χ2v) is 8.67. The summed E-state index contributed by atoms with van der Waals surface area (Å²) in [5.74, 6) is 0. The summed E-state index contributed by atoms with van der Waals surface area (Å²) < 4.78 is 2.10. The van der Waals surface area contributed by atoms with Crippen LogP contribution >= 0.6 is 31.9 Å². The van der Waals surface area contributed by atoms with Gasteiger partial charge in [0.05, 0.1) is 6.57 Å². The molecule has 0 bridgehead atoms. The lowest BCUT2D eigenvalue weighted by Crippen LogP contribution is -1.92. The van der Waals surface area contributed by atoms with Gasteiger partial charge in [0.1, 0.15) is 0 Å². The highest BCUT2D eigenvalue weighted by Gasteiger charge is 2.15. The van der Waals surface area contributed by atoms with Crippen LogP contribution in [0.25, 0.3) is 26.4 Å². The van der Waals surface area contributed by atoms with Crippen LogP contribution in [0.3, 0.4) is 0 Å². The van der Waals surface area contributed by atoms with Gasteiger partial charge in [-0.1, -0.05) is 95.5 Å². The average molecular weight is 473 g/mol. The van der Waals surface area contributed by atoms with Gasteiger partial charge in [-0.25, -0.2) is 4.85 Å². The summed E-state index contributed by atoms with van der Waals surface area (Å²) in [6, 6.07) is 12.7. The van der Waals surface area contributed by atoms with E-state index in [0.717, 1.165) is 38.2 Å². The highest BCUT2D eigenvalue weighted by molar-refractivity contribution is 9.10. The Hall–Kier alpha value is -1.37. The van der Waals surface area contributed by atoms with Crippen LogP contribution in [0.15, 0.2) is 45.3 Å². The molecule has 0 aromatic heterocycles. The van der Waals surface area contributed by atoms with Crippen molar-refractivity contribution >= 4 is 59.1 Å². The standard InChI is InChI=1S/C23H23Br2N/c1-3-4-5-6-7-8-9-20-21-14-16(24)10-12-18(21)19-13-11-17(25)15-22(19)23(20)26-2/h10-15H,3-9H2,1H3. The van der Waals surface area contributed by atoms with E-state index >= 15 is 0 Å². The monoisotopic (exact) mass is 471 g/mol. The summed E-state index contributed by atoms with van der Waals surface area (Å²) in [7, 11) is 0. The van der Waals surface area contributed by atoms with Gasteiger partial charge in [0.15, 0.2) is 5.69 Å². The van der Waals surface area contributed by atoms with Gasteiger partial charge in [0, 0.05) is 8.95 Å². The Kier molecular flexibility index (Phi) is 6.73. The molecule has 0 aliphatic rings. The third-order valence-electron chi connectivity index (χ3n) is 5.01. The van der Waals surface area contributed by atoms with Crippen molar-refractivity contribution in [3.05, 3.63) is 62.3 Å². The van der Waals surface area contributed by atoms with Gasteiger partial charge < -0.3 is 0 Å². The highest BCUT2D eigenvalue weighted by atomic mass is 79.9. The van der Waals surface area contributed by atoms with E-state index in [4.69, 9.17) is 6.57 Å². The van der Waals surface area contributed by atoms with Crippen molar-refractivity contribution in [2.24, 2.45) is 0 Å². The smallest absolute Gasteiger partial charge is 0.198 e. The van der Waals surface area contributed by atoms with Crippen LogP contribution in [0.2, 0.25) is 0 Å².